The van der Waals surface area contributed by atoms with Crippen molar-refractivity contribution in [2.24, 2.45) is 5.10 Å². The van der Waals surface area contributed by atoms with Gasteiger partial charge in [0.05, 0.1) is 17.5 Å². The second-order valence-electron chi connectivity index (χ2n) is 7.96. The Labute approximate surface area is 188 Å². The van der Waals surface area contributed by atoms with Crippen LogP contribution in [-0.4, -0.2) is 44.7 Å². The van der Waals surface area contributed by atoms with Gasteiger partial charge in [-0.1, -0.05) is 66.4 Å². The maximum Gasteiger partial charge on any atom is 0.253 e. The molecule has 2 heterocycles. The van der Waals surface area contributed by atoms with Crippen molar-refractivity contribution in [3.8, 4) is 0 Å². The molecule has 2 aromatic rings. The molecule has 0 spiro atoms. The van der Waals surface area contributed by atoms with Crippen LogP contribution in [0, 0.1) is 13.8 Å². The Morgan fingerprint density at radius 3 is 2.53 bits per heavy atom. The molecule has 4 rings (SSSR count). The fourth-order valence-electron chi connectivity index (χ4n) is 3.95. The predicted molar refractivity (Wildman–Crippen MR) is 129 cm³/mol. The SMILES string of the molecule is Cc1ccc(C2=NN(C(=O)CSC(=S)N3CCCC3)C(c3ccccc3)C2)cc1C. The molecule has 0 bridgehead atoms. The molecule has 1 fully saturated rings. The number of carbonyl (C=O) groups excluding carboxylic acids is 1. The Balaban J connectivity index is 1.54. The Morgan fingerprint density at radius 1 is 1.10 bits per heavy atom. The molecular weight excluding hydrogens is 410 g/mol. The van der Waals surface area contributed by atoms with Gasteiger partial charge in [-0.3, -0.25) is 4.79 Å². The number of thiocarbonyl (C=S) groups is 1. The van der Waals surface area contributed by atoms with Gasteiger partial charge in [0.25, 0.3) is 5.91 Å². The third-order valence-corrected chi connectivity index (χ3v) is 7.38. The van der Waals surface area contributed by atoms with Gasteiger partial charge < -0.3 is 4.90 Å². The second-order valence-corrected chi connectivity index (χ2v) is 9.57. The lowest BCUT2D eigenvalue weighted by molar-refractivity contribution is -0.130. The molecule has 1 amide bonds. The van der Waals surface area contributed by atoms with Crippen LogP contribution in [-0.2, 0) is 4.79 Å². The van der Waals surface area contributed by atoms with Gasteiger partial charge in [-0.15, -0.1) is 0 Å². The van der Waals surface area contributed by atoms with Gasteiger partial charge in [-0.2, -0.15) is 5.10 Å². The molecule has 1 atom stereocenters. The molecule has 0 aromatic heterocycles. The molecule has 156 valence electrons. The van der Waals surface area contributed by atoms with Gasteiger partial charge in [0.2, 0.25) is 0 Å². The number of likely N-dealkylation sites (tertiary alicyclic amines) is 1. The first-order chi connectivity index (χ1) is 14.5. The van der Waals surface area contributed by atoms with Crippen LogP contribution >= 0.6 is 24.0 Å². The minimum atomic E-state index is -0.0729. The number of nitrogens with zero attached hydrogens (tertiary/aromatic N) is 3. The number of rotatable bonds is 4. The summed E-state index contributed by atoms with van der Waals surface area (Å²) in [6.07, 6.45) is 3.08. The van der Waals surface area contributed by atoms with Crippen LogP contribution in [0.2, 0.25) is 0 Å². The predicted octanol–water partition coefficient (Wildman–Crippen LogP) is 5.10. The topological polar surface area (TPSA) is 35.9 Å². The van der Waals surface area contributed by atoms with Crippen molar-refractivity contribution in [3.63, 3.8) is 0 Å². The Hall–Kier alpha value is -2.18. The number of hydrogen-bond donors (Lipinski definition) is 0. The Bertz CT molecular complexity index is 968. The van der Waals surface area contributed by atoms with Gasteiger partial charge in [-0.25, -0.2) is 5.01 Å². The molecule has 2 aliphatic heterocycles. The van der Waals surface area contributed by atoms with Gasteiger partial charge in [-0.05, 0) is 55.0 Å². The van der Waals surface area contributed by atoms with Crippen molar-refractivity contribution in [3.05, 3.63) is 70.8 Å². The number of benzene rings is 2. The summed E-state index contributed by atoms with van der Waals surface area (Å²) in [5.41, 5.74) is 5.67. The second kappa shape index (κ2) is 9.31. The highest BCUT2D eigenvalue weighted by Crippen LogP contribution is 2.33. The zero-order valence-corrected chi connectivity index (χ0v) is 19.1. The summed E-state index contributed by atoms with van der Waals surface area (Å²) in [5.74, 6) is 0.330. The number of hydrazone groups is 1. The molecule has 2 aliphatic rings. The van der Waals surface area contributed by atoms with E-state index >= 15 is 0 Å². The first-order valence-corrected chi connectivity index (χ1v) is 11.9. The summed E-state index contributed by atoms with van der Waals surface area (Å²) >= 11 is 7.00. The molecule has 4 nitrogen and oxygen atoms in total. The number of amides is 1. The van der Waals surface area contributed by atoms with Crippen LogP contribution < -0.4 is 0 Å². The summed E-state index contributed by atoms with van der Waals surface area (Å²) < 4.78 is 0.828. The van der Waals surface area contributed by atoms with E-state index in [9.17, 15) is 4.79 Å². The average molecular weight is 438 g/mol. The molecule has 0 aliphatic carbocycles. The fourth-order valence-corrected chi connectivity index (χ4v) is 5.05. The van der Waals surface area contributed by atoms with Crippen LogP contribution in [0.4, 0.5) is 0 Å². The van der Waals surface area contributed by atoms with Gasteiger partial charge in [0.15, 0.2) is 0 Å². The lowest BCUT2D eigenvalue weighted by atomic mass is 9.96. The molecule has 0 saturated carbocycles. The normalized spacial score (nSPS) is 18.6. The molecular formula is C24H27N3OS2. The minimum absolute atomic E-state index is 0.00855. The van der Waals surface area contributed by atoms with E-state index in [1.165, 1.54) is 35.7 Å². The van der Waals surface area contributed by atoms with E-state index in [2.05, 4.69) is 49.1 Å². The number of aryl methyl sites for hydroxylation is 2. The van der Waals surface area contributed by atoms with Gasteiger partial charge in [0.1, 0.15) is 4.32 Å². The molecule has 1 unspecified atom stereocenters. The monoisotopic (exact) mass is 437 g/mol. The third-order valence-electron chi connectivity index (χ3n) is 5.87. The van der Waals surface area contributed by atoms with E-state index < -0.39 is 0 Å². The molecule has 1 saturated heterocycles. The first kappa shape index (κ1) is 21.1. The van der Waals surface area contributed by atoms with Crippen molar-refractivity contribution in [2.75, 3.05) is 18.8 Å². The van der Waals surface area contributed by atoms with Crippen LogP contribution in [0.3, 0.4) is 0 Å². The van der Waals surface area contributed by atoms with Gasteiger partial charge in [0, 0.05) is 19.5 Å². The molecule has 0 N–H and O–H groups in total. The van der Waals surface area contributed by atoms with Crippen LogP contribution in [0.1, 0.15) is 47.6 Å². The van der Waals surface area contributed by atoms with Crippen LogP contribution in [0.15, 0.2) is 53.6 Å². The van der Waals surface area contributed by atoms with Crippen molar-refractivity contribution in [1.29, 1.82) is 0 Å². The maximum atomic E-state index is 13.2. The van der Waals surface area contributed by atoms with Crippen molar-refractivity contribution < 1.29 is 4.79 Å². The lowest BCUT2D eigenvalue weighted by Crippen LogP contribution is -2.30. The average Bonchev–Trinajstić information content (AvgIpc) is 3.45. The summed E-state index contributed by atoms with van der Waals surface area (Å²) in [7, 11) is 0. The largest absolute Gasteiger partial charge is 0.358 e. The van der Waals surface area contributed by atoms with E-state index in [0.717, 1.165) is 40.7 Å². The summed E-state index contributed by atoms with van der Waals surface area (Å²) in [6, 6.07) is 16.5. The molecule has 2 aromatic carbocycles. The number of hydrogen-bond acceptors (Lipinski definition) is 4. The minimum Gasteiger partial charge on any atom is -0.358 e. The van der Waals surface area contributed by atoms with E-state index in [-0.39, 0.29) is 11.9 Å². The zero-order chi connectivity index (χ0) is 21.1. The highest BCUT2D eigenvalue weighted by Gasteiger charge is 2.33. The summed E-state index contributed by atoms with van der Waals surface area (Å²) in [6.45, 7) is 6.23. The van der Waals surface area contributed by atoms with Crippen LogP contribution in [0.5, 0.6) is 0 Å². The third kappa shape index (κ3) is 4.60. The highest BCUT2D eigenvalue weighted by atomic mass is 32.2. The number of thioether (sulfide) groups is 1. The first-order valence-electron chi connectivity index (χ1n) is 10.5. The van der Waals surface area contributed by atoms with Gasteiger partial charge >= 0.3 is 0 Å². The lowest BCUT2D eigenvalue weighted by Gasteiger charge is -2.23. The van der Waals surface area contributed by atoms with Crippen molar-refractivity contribution >= 4 is 39.9 Å². The molecule has 0 radical (unpaired) electrons. The standard InChI is InChI=1S/C24H27N3OS2/c1-17-10-11-20(14-18(17)2)21-15-22(19-8-4-3-5-9-19)27(25-21)23(28)16-30-24(29)26-12-6-7-13-26/h3-5,8-11,14,22H,6-7,12-13,15-16H2,1-2H3. The zero-order valence-electron chi connectivity index (χ0n) is 17.5. The van der Waals surface area contributed by atoms with E-state index in [1.807, 2.05) is 18.2 Å². The molecule has 6 heteroatoms. The van der Waals surface area contributed by atoms with E-state index in [4.69, 9.17) is 17.3 Å². The van der Waals surface area contributed by atoms with Crippen molar-refractivity contribution in [1.82, 2.24) is 9.91 Å². The van der Waals surface area contributed by atoms with E-state index in [0.29, 0.717) is 5.75 Å². The summed E-state index contributed by atoms with van der Waals surface area (Å²) in [4.78, 5) is 15.4. The number of carbonyl (C=O) groups is 1. The maximum absolute atomic E-state index is 13.2. The summed E-state index contributed by atoms with van der Waals surface area (Å²) in [5, 5.41) is 6.47. The molecule has 30 heavy (non-hydrogen) atoms. The Morgan fingerprint density at radius 2 is 1.83 bits per heavy atom. The Kier molecular flexibility index (Phi) is 6.54. The quantitative estimate of drug-likeness (QED) is 0.624. The van der Waals surface area contributed by atoms with E-state index in [1.54, 1.807) is 5.01 Å². The smallest absolute Gasteiger partial charge is 0.253 e. The van der Waals surface area contributed by atoms with Crippen molar-refractivity contribution in [2.45, 2.75) is 39.2 Å². The van der Waals surface area contributed by atoms with Crippen LogP contribution in [0.25, 0.3) is 0 Å². The highest BCUT2D eigenvalue weighted by molar-refractivity contribution is 8.23. The fraction of sp³-hybridized carbons (Fsp3) is 0.375.